The Hall–Kier alpha value is -4.44. The van der Waals surface area contributed by atoms with Crippen LogP contribution < -0.4 is 0 Å². The van der Waals surface area contributed by atoms with Gasteiger partial charge in [-0.1, -0.05) is 24.3 Å². The van der Waals surface area contributed by atoms with Crippen molar-refractivity contribution in [2.75, 3.05) is 6.61 Å². The van der Waals surface area contributed by atoms with E-state index < -0.39 is 27.3 Å². The highest BCUT2D eigenvalue weighted by molar-refractivity contribution is 7.90. The monoisotopic (exact) mass is 558 g/mol. The lowest BCUT2D eigenvalue weighted by Gasteiger charge is -2.26. The summed E-state index contributed by atoms with van der Waals surface area (Å²) in [4.78, 5) is 7.91. The van der Waals surface area contributed by atoms with Crippen molar-refractivity contribution in [1.82, 2.24) is 9.55 Å². The normalized spacial score (nSPS) is 25.4. The second-order valence-electron chi connectivity index (χ2n) is 10.2. The Kier molecular flexibility index (Phi) is 4.95. The quantitative estimate of drug-likeness (QED) is 0.321. The third-order valence-corrected chi connectivity index (χ3v) is 9.39. The van der Waals surface area contributed by atoms with E-state index >= 15 is 0 Å². The molecule has 0 aliphatic carbocycles. The minimum atomic E-state index is -3.85. The zero-order valence-electron chi connectivity index (χ0n) is 21.1. The fraction of sp³-hybridized carbons (Fsp3) is 0.250. The molecule has 3 N–H and O–H groups in total. The number of hydrogen-bond donors (Lipinski definition) is 3. The van der Waals surface area contributed by atoms with E-state index in [1.807, 2.05) is 0 Å². The molecule has 12 heteroatoms. The van der Waals surface area contributed by atoms with Crippen molar-refractivity contribution in [3.05, 3.63) is 82.8 Å². The van der Waals surface area contributed by atoms with Crippen molar-refractivity contribution < 1.29 is 33.2 Å². The van der Waals surface area contributed by atoms with Crippen LogP contribution in [-0.2, 0) is 30.7 Å². The second-order valence-corrected chi connectivity index (χ2v) is 11.8. The smallest absolute Gasteiger partial charge is 0.286 e. The number of nitrogens with zero attached hydrogens (tertiary/aromatic N) is 4. The zero-order chi connectivity index (χ0) is 28.0. The lowest BCUT2D eigenvalue weighted by molar-refractivity contribution is -0.107. The molecule has 2 aromatic carbocycles. The molecular formula is C28H22N4O7S. The molecular weight excluding hydrogens is 536 g/mol. The van der Waals surface area contributed by atoms with E-state index in [1.165, 1.54) is 10.6 Å². The van der Waals surface area contributed by atoms with Gasteiger partial charge in [0.25, 0.3) is 10.0 Å². The summed E-state index contributed by atoms with van der Waals surface area (Å²) in [6, 6.07) is 13.0. The summed E-state index contributed by atoms with van der Waals surface area (Å²) in [5.41, 5.74) is -0.425. The van der Waals surface area contributed by atoms with E-state index in [0.717, 1.165) is 0 Å². The third-order valence-electron chi connectivity index (χ3n) is 8.07. The average Bonchev–Trinajstić information content (AvgIpc) is 3.56. The van der Waals surface area contributed by atoms with Gasteiger partial charge in [-0.05, 0) is 31.2 Å². The van der Waals surface area contributed by atoms with Gasteiger partial charge in [0.2, 0.25) is 23.3 Å². The van der Waals surface area contributed by atoms with Crippen LogP contribution in [0.25, 0.3) is 21.4 Å². The largest absolute Gasteiger partial charge is 0.494 e. The number of pyridine rings is 1. The van der Waals surface area contributed by atoms with Crippen molar-refractivity contribution in [3.63, 3.8) is 0 Å². The van der Waals surface area contributed by atoms with Crippen molar-refractivity contribution in [2.24, 2.45) is 4.40 Å². The maximum atomic E-state index is 12.4. The molecule has 202 valence electrons. The predicted molar refractivity (Wildman–Crippen MR) is 142 cm³/mol. The van der Waals surface area contributed by atoms with Gasteiger partial charge in [-0.3, -0.25) is 9.55 Å². The molecule has 4 aromatic rings. The number of aliphatic hydroxyl groups is 1. The Bertz CT molecular complexity index is 1940. The average molecular weight is 559 g/mol. The number of hydrogen-bond acceptors (Lipinski definition) is 8. The highest BCUT2D eigenvalue weighted by Crippen LogP contribution is 2.65. The summed E-state index contributed by atoms with van der Waals surface area (Å²) in [5, 5.41) is 34.6. The minimum Gasteiger partial charge on any atom is -0.494 e. The molecule has 3 atom stereocenters. The lowest BCUT2D eigenvalue weighted by Crippen LogP contribution is -2.33. The number of sulfonamides is 1. The summed E-state index contributed by atoms with van der Waals surface area (Å²) in [7, 11) is -3.85. The molecule has 1 fully saturated rings. The Balaban J connectivity index is 1.30. The first-order chi connectivity index (χ1) is 19.1. The first-order valence-corrected chi connectivity index (χ1v) is 13.9. The molecule has 0 amide bonds. The number of aromatic nitrogens is 2. The van der Waals surface area contributed by atoms with E-state index in [1.54, 1.807) is 55.6 Å². The number of fused-ring (bicyclic) bond motifs is 7. The van der Waals surface area contributed by atoms with Crippen molar-refractivity contribution in [1.29, 1.82) is 0 Å². The van der Waals surface area contributed by atoms with E-state index in [-0.39, 0.29) is 47.6 Å². The maximum Gasteiger partial charge on any atom is 0.286 e. The van der Waals surface area contributed by atoms with Gasteiger partial charge in [0, 0.05) is 24.4 Å². The van der Waals surface area contributed by atoms with Crippen LogP contribution in [0.4, 0.5) is 5.69 Å². The number of aliphatic hydroxyl groups excluding tert-OH is 1. The maximum absolute atomic E-state index is 12.4. The zero-order valence-corrected chi connectivity index (χ0v) is 21.9. The van der Waals surface area contributed by atoms with Crippen molar-refractivity contribution in [2.45, 2.75) is 42.0 Å². The van der Waals surface area contributed by atoms with Crippen molar-refractivity contribution in [3.8, 4) is 17.4 Å². The van der Waals surface area contributed by atoms with Crippen LogP contribution in [0.5, 0.6) is 11.8 Å². The standard InChI is InChI=1S/C28H22N4O7S/c1-27-20(33)14-28(39-27,11-13-38-24-16-6-3-4-8-19(16)40(36,37)31-24)22-21(27)25(34)32(26(22)35)18-10-9-17(29-2)23-15(18)7-5-12-30-23/h3-10,12,20,33-35H,11,13-14H2,1H3/t20-,27?,28?/m1/s1. The van der Waals surface area contributed by atoms with Gasteiger partial charge in [-0.2, -0.15) is 8.42 Å². The van der Waals surface area contributed by atoms with E-state index in [4.69, 9.17) is 16.0 Å². The van der Waals surface area contributed by atoms with Crippen LogP contribution in [0.3, 0.4) is 0 Å². The molecule has 2 unspecified atom stereocenters. The van der Waals surface area contributed by atoms with Crippen LogP contribution in [0, 0.1) is 6.57 Å². The lowest BCUT2D eigenvalue weighted by atomic mass is 9.76. The summed E-state index contributed by atoms with van der Waals surface area (Å²) >= 11 is 0. The van der Waals surface area contributed by atoms with Gasteiger partial charge < -0.3 is 24.8 Å². The van der Waals surface area contributed by atoms with Gasteiger partial charge >= 0.3 is 0 Å². The SMILES string of the molecule is [C-]#[N+]c1ccc(-n2c(O)c3c(c2O)C2(C)OC3(CCOC3=NS(=O)(=O)c4ccccc43)C[C@H]2O)c2cccnc12. The molecule has 11 nitrogen and oxygen atoms in total. The molecule has 40 heavy (non-hydrogen) atoms. The fourth-order valence-electron chi connectivity index (χ4n) is 6.27. The van der Waals surface area contributed by atoms with Crippen LogP contribution in [0.15, 0.2) is 64.0 Å². The molecule has 5 heterocycles. The Morgan fingerprint density at radius 3 is 2.73 bits per heavy atom. The molecule has 0 spiro atoms. The number of rotatable bonds is 4. The first-order valence-electron chi connectivity index (χ1n) is 12.5. The van der Waals surface area contributed by atoms with Gasteiger partial charge in [0.1, 0.15) is 16.1 Å². The molecule has 2 bridgehead atoms. The number of aromatic hydroxyl groups is 2. The molecule has 2 aromatic heterocycles. The molecule has 7 rings (SSSR count). The Morgan fingerprint density at radius 1 is 1.15 bits per heavy atom. The first kappa shape index (κ1) is 24.6. The van der Waals surface area contributed by atoms with Gasteiger partial charge in [0.15, 0.2) is 0 Å². The topological polar surface area (TPSA) is 148 Å². The van der Waals surface area contributed by atoms with E-state index in [9.17, 15) is 23.7 Å². The fourth-order valence-corrected chi connectivity index (χ4v) is 7.42. The van der Waals surface area contributed by atoms with Crippen LogP contribution >= 0.6 is 0 Å². The van der Waals surface area contributed by atoms with Crippen LogP contribution in [0.2, 0.25) is 0 Å². The number of benzene rings is 2. The molecule has 3 aliphatic rings. The molecule has 0 radical (unpaired) electrons. The predicted octanol–water partition coefficient (Wildman–Crippen LogP) is 3.75. The van der Waals surface area contributed by atoms with Crippen LogP contribution in [0.1, 0.15) is 36.5 Å². The highest BCUT2D eigenvalue weighted by Gasteiger charge is 2.66. The summed E-state index contributed by atoms with van der Waals surface area (Å²) < 4.78 is 42.0. The van der Waals surface area contributed by atoms with Crippen LogP contribution in [-0.4, -0.2) is 51.9 Å². The molecule has 1 saturated heterocycles. The van der Waals surface area contributed by atoms with E-state index in [2.05, 4.69) is 14.2 Å². The summed E-state index contributed by atoms with van der Waals surface area (Å²) in [6.45, 7) is 9.08. The Labute approximate surface area is 228 Å². The Morgan fingerprint density at radius 2 is 1.93 bits per heavy atom. The van der Waals surface area contributed by atoms with Gasteiger partial charge in [0.05, 0.1) is 47.2 Å². The van der Waals surface area contributed by atoms with E-state index in [0.29, 0.717) is 33.4 Å². The summed E-state index contributed by atoms with van der Waals surface area (Å²) in [5.74, 6) is -0.595. The third kappa shape index (κ3) is 3.08. The van der Waals surface area contributed by atoms with Crippen molar-refractivity contribution >= 4 is 32.5 Å². The molecule has 3 aliphatic heterocycles. The minimum absolute atomic E-state index is 0.0324. The highest BCUT2D eigenvalue weighted by atomic mass is 32.2. The van der Waals surface area contributed by atoms with Gasteiger partial charge in [-0.15, -0.1) is 4.40 Å². The second kappa shape index (κ2) is 8.04. The summed E-state index contributed by atoms with van der Waals surface area (Å²) in [6.07, 6.45) is 0.824. The molecule has 0 saturated carbocycles. The van der Waals surface area contributed by atoms with Gasteiger partial charge in [-0.25, -0.2) is 4.85 Å². The number of ether oxygens (including phenoxy) is 2.